The van der Waals surface area contributed by atoms with Crippen molar-refractivity contribution in [1.29, 1.82) is 5.26 Å². The second-order valence-electron chi connectivity index (χ2n) is 13.2. The molecular weight excluding hydrogens is 651 g/mol. The Hall–Kier alpha value is -6.54. The maximum atomic E-state index is 10.2. The van der Waals surface area contributed by atoms with Crippen LogP contribution in [-0.4, -0.2) is 9.97 Å². The molecule has 0 N–H and O–H groups in total. The molecule has 7 aromatic carbocycles. The molecule has 52 heavy (non-hydrogen) atoms. The Morgan fingerprint density at radius 3 is 1.73 bits per heavy atom. The molecule has 242 valence electrons. The summed E-state index contributed by atoms with van der Waals surface area (Å²) in [6.45, 7) is 0. The Bertz CT molecular complexity index is 2660. The molecule has 1 spiro atoms. The summed E-state index contributed by atoms with van der Waals surface area (Å²) in [5.41, 5.74) is 14.7. The van der Waals surface area contributed by atoms with Crippen molar-refractivity contribution in [3.8, 4) is 62.2 Å². The molecule has 10 rings (SSSR count). The number of nitriles is 1. The van der Waals surface area contributed by atoms with Gasteiger partial charge in [-0.15, -0.1) is 0 Å². The molecular formula is C48H29N3S. The van der Waals surface area contributed by atoms with Gasteiger partial charge in [0.05, 0.1) is 22.4 Å². The third-order valence-electron chi connectivity index (χ3n) is 10.4. The first-order chi connectivity index (χ1) is 25.7. The molecule has 0 radical (unpaired) electrons. The lowest BCUT2D eigenvalue weighted by molar-refractivity contribution is 0.721. The number of nitrogens with zero attached hydrogens (tertiary/aromatic N) is 3. The first kappa shape index (κ1) is 30.3. The van der Waals surface area contributed by atoms with E-state index in [0.29, 0.717) is 11.4 Å². The summed E-state index contributed by atoms with van der Waals surface area (Å²) < 4.78 is 0. The largest absolute Gasteiger partial charge is 0.228 e. The van der Waals surface area contributed by atoms with Gasteiger partial charge in [0.1, 0.15) is 6.07 Å². The predicted octanol–water partition coefficient (Wildman–Crippen LogP) is 11.8. The summed E-state index contributed by atoms with van der Waals surface area (Å²) in [7, 11) is 0. The van der Waals surface area contributed by atoms with Gasteiger partial charge in [-0.1, -0.05) is 169 Å². The Balaban J connectivity index is 1.15. The number of aromatic nitrogens is 2. The molecule has 8 aromatic rings. The zero-order valence-electron chi connectivity index (χ0n) is 28.0. The van der Waals surface area contributed by atoms with Crippen molar-refractivity contribution >= 4 is 11.8 Å². The molecule has 1 aromatic heterocycles. The summed E-state index contributed by atoms with van der Waals surface area (Å²) in [5.74, 6) is 0.690. The molecule has 2 aliphatic rings. The fourth-order valence-electron chi connectivity index (χ4n) is 8.19. The lowest BCUT2D eigenvalue weighted by Gasteiger charge is -2.40. The zero-order valence-corrected chi connectivity index (χ0v) is 28.8. The van der Waals surface area contributed by atoms with E-state index in [1.54, 1.807) is 11.8 Å². The molecule has 0 saturated carbocycles. The minimum atomic E-state index is -0.550. The van der Waals surface area contributed by atoms with Crippen LogP contribution in [0.1, 0.15) is 27.8 Å². The Labute approximate surface area is 307 Å². The molecule has 0 saturated heterocycles. The predicted molar refractivity (Wildman–Crippen MR) is 210 cm³/mol. The lowest BCUT2D eigenvalue weighted by atomic mass is 9.67. The van der Waals surface area contributed by atoms with Crippen molar-refractivity contribution in [2.45, 2.75) is 15.2 Å². The summed E-state index contributed by atoms with van der Waals surface area (Å²) in [4.78, 5) is 12.4. The Morgan fingerprint density at radius 1 is 0.462 bits per heavy atom. The van der Waals surface area contributed by atoms with Crippen molar-refractivity contribution in [3.63, 3.8) is 0 Å². The number of benzene rings is 7. The number of hydrogen-bond acceptors (Lipinski definition) is 4. The van der Waals surface area contributed by atoms with Crippen molar-refractivity contribution in [2.75, 3.05) is 0 Å². The van der Waals surface area contributed by atoms with E-state index in [4.69, 9.17) is 9.97 Å². The molecule has 0 fully saturated rings. The Morgan fingerprint density at radius 2 is 1.02 bits per heavy atom. The summed E-state index contributed by atoms with van der Waals surface area (Å²) in [6, 6.07) is 64.3. The highest BCUT2D eigenvalue weighted by molar-refractivity contribution is 7.99. The minimum Gasteiger partial charge on any atom is -0.228 e. The fourth-order valence-corrected chi connectivity index (χ4v) is 9.44. The van der Waals surface area contributed by atoms with E-state index in [1.165, 1.54) is 43.8 Å². The van der Waals surface area contributed by atoms with Crippen LogP contribution in [0, 0.1) is 11.3 Å². The highest BCUT2D eigenvalue weighted by atomic mass is 32.2. The molecule has 4 heteroatoms. The normalized spacial score (nSPS) is 14.9. The first-order valence-corrected chi connectivity index (χ1v) is 18.2. The fraction of sp³-hybridized carbons (Fsp3) is 0.0208. The van der Waals surface area contributed by atoms with Crippen LogP contribution in [-0.2, 0) is 5.41 Å². The van der Waals surface area contributed by atoms with Crippen LogP contribution in [0.15, 0.2) is 186 Å². The van der Waals surface area contributed by atoms with E-state index >= 15 is 0 Å². The van der Waals surface area contributed by atoms with Gasteiger partial charge < -0.3 is 0 Å². The quantitative estimate of drug-likeness (QED) is 0.186. The first-order valence-electron chi connectivity index (χ1n) is 17.4. The highest BCUT2D eigenvalue weighted by Gasteiger charge is 2.51. The van der Waals surface area contributed by atoms with Crippen LogP contribution in [0.4, 0.5) is 0 Å². The van der Waals surface area contributed by atoms with Crippen molar-refractivity contribution < 1.29 is 0 Å². The summed E-state index contributed by atoms with van der Waals surface area (Å²) >= 11 is 1.71. The number of fused-ring (bicyclic) bond motifs is 9. The van der Waals surface area contributed by atoms with Crippen LogP contribution in [0.2, 0.25) is 0 Å². The van der Waals surface area contributed by atoms with Crippen LogP contribution in [0.5, 0.6) is 0 Å². The molecule has 1 unspecified atom stereocenters. The smallest absolute Gasteiger partial charge is 0.160 e. The topological polar surface area (TPSA) is 49.6 Å². The van der Waals surface area contributed by atoms with Gasteiger partial charge in [-0.05, 0) is 62.7 Å². The monoisotopic (exact) mass is 679 g/mol. The van der Waals surface area contributed by atoms with Gasteiger partial charge in [-0.3, -0.25) is 0 Å². The standard InChI is InChI=1S/C48H29N3S/c49-30-35-17-11-23-41-46(35)52-44-24-10-9-21-39(44)48(41)38-20-8-7-18-37(38)45-36(19-12-22-40(45)48)31-25-27-34(28-26-31)47-50-42(32-13-3-1-4-14-32)29-43(51-47)33-15-5-2-6-16-33/h1-29H. The summed E-state index contributed by atoms with van der Waals surface area (Å²) in [5, 5.41) is 10.2. The van der Waals surface area contributed by atoms with Crippen molar-refractivity contribution in [1.82, 2.24) is 9.97 Å². The molecule has 1 aliphatic heterocycles. The van der Waals surface area contributed by atoms with Gasteiger partial charge in [0.2, 0.25) is 0 Å². The minimum absolute atomic E-state index is 0.550. The zero-order chi connectivity index (χ0) is 34.6. The van der Waals surface area contributed by atoms with Crippen LogP contribution >= 0.6 is 11.8 Å². The lowest BCUT2D eigenvalue weighted by Crippen LogP contribution is -2.32. The third kappa shape index (κ3) is 4.53. The van der Waals surface area contributed by atoms with E-state index < -0.39 is 5.41 Å². The SMILES string of the molecule is N#Cc1cccc2c1Sc1ccccc1C21c2ccccc2-c2c(-c3ccc(-c4nc(-c5ccccc5)cc(-c5ccccc5)n4)cc3)cccc21. The van der Waals surface area contributed by atoms with E-state index in [2.05, 4.69) is 133 Å². The van der Waals surface area contributed by atoms with Crippen molar-refractivity contribution in [2.24, 2.45) is 0 Å². The van der Waals surface area contributed by atoms with Gasteiger partial charge in [-0.25, -0.2) is 9.97 Å². The van der Waals surface area contributed by atoms with E-state index in [-0.39, 0.29) is 0 Å². The van der Waals surface area contributed by atoms with Gasteiger partial charge in [-0.2, -0.15) is 5.26 Å². The summed E-state index contributed by atoms with van der Waals surface area (Å²) in [6.07, 6.45) is 0. The molecule has 0 amide bonds. The maximum Gasteiger partial charge on any atom is 0.160 e. The average Bonchev–Trinajstić information content (AvgIpc) is 3.52. The second-order valence-corrected chi connectivity index (χ2v) is 14.2. The number of rotatable bonds is 4. The molecule has 1 atom stereocenters. The maximum absolute atomic E-state index is 10.2. The molecule has 0 bridgehead atoms. The van der Waals surface area contributed by atoms with Crippen LogP contribution in [0.25, 0.3) is 56.2 Å². The Kier molecular flexibility index (Phi) is 7.02. The van der Waals surface area contributed by atoms with Gasteiger partial charge >= 0.3 is 0 Å². The molecule has 2 heterocycles. The van der Waals surface area contributed by atoms with Gasteiger partial charge in [0.15, 0.2) is 5.82 Å². The average molecular weight is 680 g/mol. The van der Waals surface area contributed by atoms with E-state index in [0.717, 1.165) is 38.5 Å². The van der Waals surface area contributed by atoms with Gasteiger partial charge in [0, 0.05) is 26.5 Å². The van der Waals surface area contributed by atoms with Crippen LogP contribution < -0.4 is 0 Å². The molecule has 3 nitrogen and oxygen atoms in total. The molecule has 1 aliphatic carbocycles. The van der Waals surface area contributed by atoms with Gasteiger partial charge in [0.25, 0.3) is 0 Å². The number of hydrogen-bond donors (Lipinski definition) is 0. The van der Waals surface area contributed by atoms with Crippen LogP contribution in [0.3, 0.4) is 0 Å². The van der Waals surface area contributed by atoms with Crippen molar-refractivity contribution in [3.05, 3.63) is 204 Å². The van der Waals surface area contributed by atoms with E-state index in [1.807, 2.05) is 48.5 Å². The van der Waals surface area contributed by atoms with E-state index in [9.17, 15) is 5.26 Å². The second kappa shape index (κ2) is 12.1. The third-order valence-corrected chi connectivity index (χ3v) is 11.7. The highest BCUT2D eigenvalue weighted by Crippen LogP contribution is 2.63.